The van der Waals surface area contributed by atoms with E-state index in [-0.39, 0.29) is 24.1 Å². The molecule has 4 aromatic rings. The molecule has 0 unspecified atom stereocenters. The van der Waals surface area contributed by atoms with Crippen LogP contribution in [0.25, 0.3) is 16.6 Å². The Labute approximate surface area is 272 Å². The molecule has 1 aliphatic heterocycles. The number of nitrogens with zero attached hydrogens (tertiary/aromatic N) is 5. The number of carbonyl (C=O) groups excluding carboxylic acids is 1. The molecule has 13 heteroatoms. The number of aryl methyl sites for hydroxylation is 1. The summed E-state index contributed by atoms with van der Waals surface area (Å²) in [6, 6.07) is 9.46. The minimum atomic E-state index is -4.24. The fourth-order valence-electron chi connectivity index (χ4n) is 6.51. The number of aromatic amines is 1. The van der Waals surface area contributed by atoms with Crippen molar-refractivity contribution in [3.05, 3.63) is 75.5 Å². The second-order valence-corrected chi connectivity index (χ2v) is 12.2. The molecule has 0 radical (unpaired) electrons. The molecule has 5 rings (SSSR count). The van der Waals surface area contributed by atoms with E-state index in [1.54, 1.807) is 19.2 Å². The molecule has 4 aromatic heterocycles. The van der Waals surface area contributed by atoms with Crippen LogP contribution >= 0.6 is 0 Å². The summed E-state index contributed by atoms with van der Waals surface area (Å²) in [5.41, 5.74) is 4.40. The number of hydrogen-bond acceptors (Lipinski definition) is 7. The van der Waals surface area contributed by atoms with Gasteiger partial charge in [0.25, 0.3) is 11.5 Å². The number of piperidine rings is 1. The van der Waals surface area contributed by atoms with E-state index in [4.69, 9.17) is 4.74 Å². The van der Waals surface area contributed by atoms with Crippen LogP contribution in [0.2, 0.25) is 0 Å². The Hall–Kier alpha value is -4.52. The average molecular weight is 654 g/mol. The quantitative estimate of drug-likeness (QED) is 0.244. The number of nitrogens with one attached hydrogen (secondary N) is 2. The minimum absolute atomic E-state index is 0.0211. The SMILES string of the molecule is CCN(c1c(C)c(C(=O)NCc2c(OC)cc(C)[nH]c2=O)cc2c(-c3ccnc(N(C)C)c3)ccn12)C1CCN(CC(F)(F)F)CC1. The van der Waals surface area contributed by atoms with Crippen LogP contribution in [-0.4, -0.2) is 84.8 Å². The highest BCUT2D eigenvalue weighted by atomic mass is 19.4. The van der Waals surface area contributed by atoms with Crippen LogP contribution in [0.4, 0.5) is 24.8 Å². The molecular weight excluding hydrogens is 611 g/mol. The first-order valence-corrected chi connectivity index (χ1v) is 15.7. The average Bonchev–Trinajstić information content (AvgIpc) is 3.45. The predicted octanol–water partition coefficient (Wildman–Crippen LogP) is 5.16. The van der Waals surface area contributed by atoms with Crippen LogP contribution in [0.1, 0.15) is 46.9 Å². The summed E-state index contributed by atoms with van der Waals surface area (Å²) >= 11 is 0. The number of pyridine rings is 3. The molecule has 2 N–H and O–H groups in total. The normalized spacial score (nSPS) is 14.4. The Morgan fingerprint density at radius 1 is 1.15 bits per heavy atom. The van der Waals surface area contributed by atoms with Gasteiger partial charge in [-0.05, 0) is 69.5 Å². The van der Waals surface area contributed by atoms with Crippen LogP contribution in [-0.2, 0) is 6.54 Å². The van der Waals surface area contributed by atoms with Crippen molar-refractivity contribution < 1.29 is 22.7 Å². The van der Waals surface area contributed by atoms with Crippen molar-refractivity contribution in [3.8, 4) is 16.9 Å². The Balaban J connectivity index is 1.57. The Morgan fingerprint density at radius 2 is 1.87 bits per heavy atom. The van der Waals surface area contributed by atoms with Gasteiger partial charge in [0.05, 0.1) is 31.3 Å². The van der Waals surface area contributed by atoms with Crippen molar-refractivity contribution in [1.82, 2.24) is 24.6 Å². The van der Waals surface area contributed by atoms with Crippen molar-refractivity contribution in [1.29, 1.82) is 0 Å². The molecule has 0 aromatic carbocycles. The molecule has 0 spiro atoms. The number of anilines is 2. The number of H-pyrrole nitrogens is 1. The number of ether oxygens (including phenoxy) is 1. The van der Waals surface area contributed by atoms with Crippen LogP contribution in [0.15, 0.2) is 47.5 Å². The first-order chi connectivity index (χ1) is 22.3. The fourth-order valence-corrected chi connectivity index (χ4v) is 6.51. The Morgan fingerprint density at radius 3 is 2.51 bits per heavy atom. The third kappa shape index (κ3) is 7.24. The third-order valence-corrected chi connectivity index (χ3v) is 8.82. The monoisotopic (exact) mass is 653 g/mol. The standard InChI is InChI=1S/C34H42F3N7O3/c1-7-43(24-9-13-42(14-10-24)20-34(35,36)37)33-22(3)26(31(45)39-19-27-29(47-6)16-21(2)40-32(27)46)18-28-25(11-15-44(28)33)23-8-12-38-30(17-23)41(4)5/h8,11-12,15-18,24H,7,9-10,13-14,19-20H2,1-6H3,(H,39,45)(H,40,46). The summed E-state index contributed by atoms with van der Waals surface area (Å²) in [6.45, 7) is 5.96. The molecule has 1 saturated heterocycles. The zero-order valence-corrected chi connectivity index (χ0v) is 27.7. The van der Waals surface area contributed by atoms with Gasteiger partial charge in [-0.2, -0.15) is 13.2 Å². The van der Waals surface area contributed by atoms with Gasteiger partial charge in [0.1, 0.15) is 17.4 Å². The van der Waals surface area contributed by atoms with E-state index in [1.807, 2.05) is 63.3 Å². The summed E-state index contributed by atoms with van der Waals surface area (Å²) in [7, 11) is 5.31. The van der Waals surface area contributed by atoms with E-state index in [0.29, 0.717) is 55.0 Å². The predicted molar refractivity (Wildman–Crippen MR) is 178 cm³/mol. The van der Waals surface area contributed by atoms with Gasteiger partial charge in [-0.3, -0.25) is 14.5 Å². The van der Waals surface area contributed by atoms with Crippen molar-refractivity contribution >= 4 is 23.1 Å². The summed E-state index contributed by atoms with van der Waals surface area (Å²) in [4.78, 5) is 39.5. The van der Waals surface area contributed by atoms with Gasteiger partial charge in [0, 0.05) is 74.5 Å². The Bertz CT molecular complexity index is 1810. The maximum absolute atomic E-state index is 14.0. The molecule has 0 saturated carbocycles. The summed E-state index contributed by atoms with van der Waals surface area (Å²) < 4.78 is 46.8. The van der Waals surface area contributed by atoms with Crippen molar-refractivity contribution in [2.45, 2.75) is 52.4 Å². The maximum atomic E-state index is 14.0. The summed E-state index contributed by atoms with van der Waals surface area (Å²) in [5.74, 6) is 1.62. The lowest BCUT2D eigenvalue weighted by Crippen LogP contribution is -2.48. The van der Waals surface area contributed by atoms with E-state index in [1.165, 1.54) is 12.0 Å². The fraction of sp³-hybridized carbons (Fsp3) is 0.441. The summed E-state index contributed by atoms with van der Waals surface area (Å²) in [6.07, 6.45) is 0.596. The van der Waals surface area contributed by atoms with Crippen LogP contribution < -0.4 is 25.4 Å². The van der Waals surface area contributed by atoms with Gasteiger partial charge in [0.2, 0.25) is 0 Å². The van der Waals surface area contributed by atoms with E-state index in [2.05, 4.69) is 24.6 Å². The molecule has 47 heavy (non-hydrogen) atoms. The third-order valence-electron chi connectivity index (χ3n) is 8.82. The maximum Gasteiger partial charge on any atom is 0.401 e. The molecule has 10 nitrogen and oxygen atoms in total. The molecular formula is C34H42F3N7O3. The molecule has 0 aliphatic carbocycles. The number of hydrogen-bond donors (Lipinski definition) is 2. The van der Waals surface area contributed by atoms with Crippen LogP contribution in [0.3, 0.4) is 0 Å². The van der Waals surface area contributed by atoms with Crippen molar-refractivity contribution in [3.63, 3.8) is 0 Å². The van der Waals surface area contributed by atoms with Gasteiger partial charge < -0.3 is 29.2 Å². The second kappa shape index (κ2) is 13.7. The number of methoxy groups -OCH3 is 1. The highest BCUT2D eigenvalue weighted by Crippen LogP contribution is 2.36. The Kier molecular flexibility index (Phi) is 9.85. The molecule has 0 bridgehead atoms. The van der Waals surface area contributed by atoms with E-state index >= 15 is 0 Å². The van der Waals surface area contributed by atoms with Crippen LogP contribution in [0, 0.1) is 13.8 Å². The number of rotatable bonds is 10. The highest BCUT2D eigenvalue weighted by Gasteiger charge is 2.34. The van der Waals surface area contributed by atoms with Crippen molar-refractivity contribution in [2.24, 2.45) is 0 Å². The van der Waals surface area contributed by atoms with Crippen molar-refractivity contribution in [2.75, 3.05) is 57.2 Å². The molecule has 5 heterocycles. The first-order valence-electron chi connectivity index (χ1n) is 15.7. The number of amides is 1. The zero-order valence-electron chi connectivity index (χ0n) is 27.7. The van der Waals surface area contributed by atoms with E-state index < -0.39 is 12.7 Å². The molecule has 1 aliphatic rings. The lowest BCUT2D eigenvalue weighted by atomic mass is 10.00. The molecule has 252 valence electrons. The number of alkyl halides is 3. The molecule has 0 atom stereocenters. The lowest BCUT2D eigenvalue weighted by Gasteiger charge is -2.40. The van der Waals surface area contributed by atoms with Gasteiger partial charge in [-0.1, -0.05) is 0 Å². The number of aromatic nitrogens is 3. The molecule has 1 fully saturated rings. The molecule has 1 amide bonds. The van der Waals surface area contributed by atoms with Gasteiger partial charge in [-0.25, -0.2) is 4.98 Å². The zero-order chi connectivity index (χ0) is 34.0. The largest absolute Gasteiger partial charge is 0.496 e. The second-order valence-electron chi connectivity index (χ2n) is 12.2. The van der Waals surface area contributed by atoms with Gasteiger partial charge in [-0.15, -0.1) is 0 Å². The summed E-state index contributed by atoms with van der Waals surface area (Å²) in [5, 5.41) is 2.93. The van der Waals surface area contributed by atoms with Gasteiger partial charge >= 0.3 is 6.18 Å². The number of likely N-dealkylation sites (tertiary alicyclic amines) is 1. The van der Waals surface area contributed by atoms with E-state index in [9.17, 15) is 22.8 Å². The number of halogens is 3. The lowest BCUT2D eigenvalue weighted by molar-refractivity contribution is -0.147. The number of carbonyl (C=O) groups is 1. The highest BCUT2D eigenvalue weighted by molar-refractivity contribution is 6.00. The minimum Gasteiger partial charge on any atom is -0.496 e. The van der Waals surface area contributed by atoms with Crippen LogP contribution in [0.5, 0.6) is 5.75 Å². The smallest absolute Gasteiger partial charge is 0.401 e. The topological polar surface area (TPSA) is 98.2 Å². The first kappa shape index (κ1) is 33.8. The van der Waals surface area contributed by atoms with E-state index in [0.717, 1.165) is 33.8 Å². The van der Waals surface area contributed by atoms with Gasteiger partial charge in [0.15, 0.2) is 0 Å². The number of fused-ring (bicyclic) bond motifs is 1.